The van der Waals surface area contributed by atoms with Gasteiger partial charge in [-0.05, 0) is 11.6 Å². The van der Waals surface area contributed by atoms with Gasteiger partial charge >= 0.3 is 0 Å². The van der Waals surface area contributed by atoms with E-state index in [1.165, 1.54) is 17.0 Å². The highest BCUT2D eigenvalue weighted by atomic mass is 19.1. The second-order valence-electron chi connectivity index (χ2n) is 6.66. The topological polar surface area (TPSA) is 122 Å². The van der Waals surface area contributed by atoms with Crippen LogP contribution in [0.4, 0.5) is 14.6 Å². The number of aliphatic hydroxyl groups is 2. The molecule has 0 spiro atoms. The van der Waals surface area contributed by atoms with Gasteiger partial charge in [0.05, 0.1) is 31.1 Å². The maximum absolute atomic E-state index is 14.2. The van der Waals surface area contributed by atoms with Crippen LogP contribution >= 0.6 is 0 Å². The van der Waals surface area contributed by atoms with Gasteiger partial charge in [-0.15, -0.1) is 0 Å². The molecule has 4 rings (SSSR count). The van der Waals surface area contributed by atoms with Crippen LogP contribution in [0.1, 0.15) is 11.3 Å². The summed E-state index contributed by atoms with van der Waals surface area (Å²) in [6, 6.07) is 7.19. The van der Waals surface area contributed by atoms with Crippen molar-refractivity contribution < 1.29 is 23.5 Å². The van der Waals surface area contributed by atoms with E-state index >= 15 is 0 Å². The first-order chi connectivity index (χ1) is 15.1. The Balaban J connectivity index is 1.73. The number of hydrogen-bond donors (Lipinski definition) is 3. The zero-order valence-electron chi connectivity index (χ0n) is 16.1. The number of aliphatic hydroxyl groups excluding tert-OH is 2. The average Bonchev–Trinajstić information content (AvgIpc) is 3.45. The average molecular weight is 428 g/mol. The molecule has 0 amide bonds. The van der Waals surface area contributed by atoms with E-state index in [2.05, 4.69) is 25.5 Å². The van der Waals surface area contributed by atoms with Crippen LogP contribution in [0.5, 0.6) is 0 Å². The minimum Gasteiger partial charge on any atom is -0.394 e. The van der Waals surface area contributed by atoms with Crippen LogP contribution in [0.2, 0.25) is 0 Å². The van der Waals surface area contributed by atoms with Gasteiger partial charge in [0.15, 0.2) is 11.6 Å². The van der Waals surface area contributed by atoms with E-state index in [1.807, 2.05) is 0 Å². The summed E-state index contributed by atoms with van der Waals surface area (Å²) in [7, 11) is 0. The number of rotatable bonds is 8. The van der Waals surface area contributed by atoms with Gasteiger partial charge in [0.2, 0.25) is 0 Å². The third kappa shape index (κ3) is 4.42. The van der Waals surface area contributed by atoms with Crippen molar-refractivity contribution in [2.24, 2.45) is 0 Å². The second kappa shape index (κ2) is 8.98. The lowest BCUT2D eigenvalue weighted by atomic mass is 10.1. The lowest BCUT2D eigenvalue weighted by Gasteiger charge is -2.14. The fourth-order valence-corrected chi connectivity index (χ4v) is 2.94. The van der Waals surface area contributed by atoms with Crippen LogP contribution in [0.25, 0.3) is 17.2 Å². The fraction of sp³-hybridized carbons (Fsp3) is 0.200. The molecule has 4 aromatic rings. The monoisotopic (exact) mass is 428 g/mol. The summed E-state index contributed by atoms with van der Waals surface area (Å²) < 4.78 is 34.5. The molecule has 0 bridgehead atoms. The highest BCUT2D eigenvalue weighted by Gasteiger charge is 2.19. The molecule has 0 aliphatic carbocycles. The third-order valence-electron chi connectivity index (χ3n) is 4.54. The summed E-state index contributed by atoms with van der Waals surface area (Å²) in [4.78, 5) is 8.06. The Kier molecular flexibility index (Phi) is 5.96. The Morgan fingerprint density at radius 2 is 1.90 bits per heavy atom. The van der Waals surface area contributed by atoms with E-state index < -0.39 is 25.1 Å². The number of anilines is 1. The highest BCUT2D eigenvalue weighted by Crippen LogP contribution is 2.25. The number of halogens is 2. The normalized spacial score (nSPS) is 11.3. The summed E-state index contributed by atoms with van der Waals surface area (Å²) in [6.07, 6.45) is 4.11. The van der Waals surface area contributed by atoms with Crippen LogP contribution in [0.15, 0.2) is 53.5 Å². The molecule has 31 heavy (non-hydrogen) atoms. The standard InChI is InChI=1S/C20H18F2N6O3/c21-15-4-2-1-3-12(15)7-18-14(17-5-6-31-27-17)9-28(26-18)20-23-8-16(22)19(25-20)24-13(10-29)11-30/h1-6,8-9,13,29-30H,7,10-11H2,(H,23,24,25). The summed E-state index contributed by atoms with van der Waals surface area (Å²) in [5.74, 6) is -1.30. The van der Waals surface area contributed by atoms with E-state index in [0.717, 1.165) is 6.20 Å². The van der Waals surface area contributed by atoms with E-state index in [-0.39, 0.29) is 24.0 Å². The van der Waals surface area contributed by atoms with Crippen molar-refractivity contribution in [1.29, 1.82) is 0 Å². The molecule has 0 radical (unpaired) electrons. The molecule has 0 aliphatic heterocycles. The Hall–Kier alpha value is -3.70. The first kappa shape index (κ1) is 20.6. The smallest absolute Gasteiger partial charge is 0.252 e. The predicted molar refractivity (Wildman–Crippen MR) is 105 cm³/mol. The molecule has 11 heteroatoms. The van der Waals surface area contributed by atoms with Crippen LogP contribution in [0, 0.1) is 11.6 Å². The largest absolute Gasteiger partial charge is 0.394 e. The van der Waals surface area contributed by atoms with Gasteiger partial charge in [0.1, 0.15) is 17.8 Å². The molecule has 1 aromatic carbocycles. The van der Waals surface area contributed by atoms with Crippen molar-refractivity contribution in [2.75, 3.05) is 18.5 Å². The van der Waals surface area contributed by atoms with E-state index in [0.29, 0.717) is 22.5 Å². The van der Waals surface area contributed by atoms with Crippen molar-refractivity contribution in [2.45, 2.75) is 12.5 Å². The van der Waals surface area contributed by atoms with Crippen LogP contribution in [-0.2, 0) is 6.42 Å². The zero-order valence-corrected chi connectivity index (χ0v) is 16.1. The summed E-state index contributed by atoms with van der Waals surface area (Å²) >= 11 is 0. The van der Waals surface area contributed by atoms with E-state index in [1.54, 1.807) is 30.5 Å². The first-order valence-electron chi connectivity index (χ1n) is 9.33. The van der Waals surface area contributed by atoms with Gasteiger partial charge in [-0.2, -0.15) is 10.1 Å². The molecule has 3 aromatic heterocycles. The van der Waals surface area contributed by atoms with Crippen LogP contribution in [-0.4, -0.2) is 54.4 Å². The second-order valence-corrected chi connectivity index (χ2v) is 6.66. The Labute approximate surface area is 175 Å². The molecule has 160 valence electrons. The van der Waals surface area contributed by atoms with Crippen molar-refractivity contribution in [3.8, 4) is 17.2 Å². The number of nitrogens with one attached hydrogen (secondary N) is 1. The molecule has 0 fully saturated rings. The Morgan fingerprint density at radius 3 is 2.61 bits per heavy atom. The lowest BCUT2D eigenvalue weighted by Crippen LogP contribution is -2.29. The van der Waals surface area contributed by atoms with Crippen LogP contribution in [0.3, 0.4) is 0 Å². The zero-order chi connectivity index (χ0) is 21.8. The third-order valence-corrected chi connectivity index (χ3v) is 4.54. The Morgan fingerprint density at radius 1 is 1.10 bits per heavy atom. The minimum atomic E-state index is -0.794. The molecule has 0 saturated heterocycles. The maximum atomic E-state index is 14.2. The SMILES string of the molecule is OCC(CO)Nc1nc(-n2cc(-c3ccon3)c(Cc3ccccc3F)n2)ncc1F. The molecule has 0 atom stereocenters. The van der Waals surface area contributed by atoms with Gasteiger partial charge in [-0.25, -0.2) is 18.4 Å². The van der Waals surface area contributed by atoms with Crippen molar-refractivity contribution in [3.05, 3.63) is 71.9 Å². The molecular weight excluding hydrogens is 410 g/mol. The van der Waals surface area contributed by atoms with E-state index in [9.17, 15) is 19.0 Å². The van der Waals surface area contributed by atoms with Gasteiger partial charge in [0.25, 0.3) is 5.95 Å². The Bertz CT molecular complexity index is 1160. The number of hydrogen-bond acceptors (Lipinski definition) is 8. The fourth-order valence-electron chi connectivity index (χ4n) is 2.94. The summed E-state index contributed by atoms with van der Waals surface area (Å²) in [5.41, 5.74) is 1.99. The molecule has 0 saturated carbocycles. The summed E-state index contributed by atoms with van der Waals surface area (Å²) in [5, 5.41) is 29.4. The number of nitrogens with zero attached hydrogens (tertiary/aromatic N) is 5. The molecule has 9 nitrogen and oxygen atoms in total. The first-order valence-corrected chi connectivity index (χ1v) is 9.33. The number of benzene rings is 1. The lowest BCUT2D eigenvalue weighted by molar-refractivity contribution is 0.203. The van der Waals surface area contributed by atoms with Crippen molar-refractivity contribution in [1.82, 2.24) is 24.9 Å². The van der Waals surface area contributed by atoms with E-state index in [4.69, 9.17) is 4.52 Å². The van der Waals surface area contributed by atoms with Gasteiger partial charge in [0, 0.05) is 24.2 Å². The van der Waals surface area contributed by atoms with Crippen molar-refractivity contribution in [3.63, 3.8) is 0 Å². The molecule has 0 aliphatic rings. The van der Waals surface area contributed by atoms with Gasteiger partial charge < -0.3 is 20.1 Å². The minimum absolute atomic E-state index is 0.0306. The number of aromatic nitrogens is 5. The molecular formula is C20H18F2N6O3. The van der Waals surface area contributed by atoms with Crippen molar-refractivity contribution >= 4 is 5.82 Å². The maximum Gasteiger partial charge on any atom is 0.252 e. The van der Waals surface area contributed by atoms with Gasteiger partial charge in [-0.3, -0.25) is 0 Å². The molecule has 3 heterocycles. The predicted octanol–water partition coefficient (Wildman–Crippen LogP) is 1.95. The quantitative estimate of drug-likeness (QED) is 0.389. The summed E-state index contributed by atoms with van der Waals surface area (Å²) in [6.45, 7) is -0.833. The molecule has 0 unspecified atom stereocenters. The van der Waals surface area contributed by atoms with Crippen LogP contribution < -0.4 is 5.32 Å². The molecule has 3 N–H and O–H groups in total. The highest BCUT2D eigenvalue weighted by molar-refractivity contribution is 5.61. The van der Waals surface area contributed by atoms with Gasteiger partial charge in [-0.1, -0.05) is 23.4 Å².